The van der Waals surface area contributed by atoms with Crippen LogP contribution in [-0.2, 0) is 11.2 Å². The first kappa shape index (κ1) is 15.6. The highest BCUT2D eigenvalue weighted by Crippen LogP contribution is 2.27. The fraction of sp³-hybridized carbons (Fsp3) is 0.571. The van der Waals surface area contributed by atoms with Crippen molar-refractivity contribution < 1.29 is 14.2 Å². The molecule has 1 aromatic carbocycles. The van der Waals surface area contributed by atoms with Crippen LogP contribution < -0.4 is 0 Å². The molecule has 1 aromatic rings. The van der Waals surface area contributed by atoms with Crippen molar-refractivity contribution in [2.24, 2.45) is 0 Å². The van der Waals surface area contributed by atoms with Gasteiger partial charge in [0.2, 0.25) is 0 Å². The molecule has 0 aliphatic heterocycles. The van der Waals surface area contributed by atoms with Gasteiger partial charge in [0.1, 0.15) is 5.82 Å². The lowest BCUT2D eigenvalue weighted by atomic mass is 9.86. The predicted octanol–water partition coefficient (Wildman–Crippen LogP) is 3.70. The number of methoxy groups -OCH3 is 1. The number of hydrogen-bond acceptors (Lipinski definition) is 2. The summed E-state index contributed by atoms with van der Waals surface area (Å²) in [6.45, 7) is 3.93. The zero-order valence-corrected chi connectivity index (χ0v) is 12.6. The van der Waals surface area contributed by atoms with E-state index in [1.54, 1.807) is 19.2 Å². The molecule has 2 nitrogen and oxygen atoms in total. The maximum absolute atomic E-state index is 13.7. The summed E-state index contributed by atoms with van der Waals surface area (Å²) in [5, 5.41) is 10.3. The third-order valence-corrected chi connectivity index (χ3v) is 4.13. The van der Waals surface area contributed by atoms with Gasteiger partial charge in [-0.1, -0.05) is 35.8 Å². The van der Waals surface area contributed by atoms with Crippen molar-refractivity contribution in [3.05, 3.63) is 34.1 Å². The van der Waals surface area contributed by atoms with Gasteiger partial charge in [-0.3, -0.25) is 0 Å². The van der Waals surface area contributed by atoms with Crippen molar-refractivity contribution in [1.29, 1.82) is 0 Å². The standard InChI is InChI=1S/C14H20BrFO2/c1-4-14(5-2,18-3)13(17)8-10-6-7-11(15)9-12(10)16/h6-7,9,13,17H,4-5,8H2,1-3H3. The smallest absolute Gasteiger partial charge is 0.127 e. The Balaban J connectivity index is 2.89. The van der Waals surface area contributed by atoms with Crippen molar-refractivity contribution in [1.82, 2.24) is 0 Å². The Bertz CT molecular complexity index is 383. The SMILES string of the molecule is CCC(CC)(OC)C(O)Cc1ccc(Br)cc1F. The monoisotopic (exact) mass is 318 g/mol. The molecule has 0 radical (unpaired) electrons. The molecule has 1 unspecified atom stereocenters. The van der Waals surface area contributed by atoms with Crippen LogP contribution in [0.3, 0.4) is 0 Å². The second kappa shape index (κ2) is 6.64. The Morgan fingerprint density at radius 2 is 2.00 bits per heavy atom. The van der Waals surface area contributed by atoms with Crippen LogP contribution in [0.15, 0.2) is 22.7 Å². The van der Waals surface area contributed by atoms with Gasteiger partial charge in [-0.05, 0) is 30.5 Å². The fourth-order valence-corrected chi connectivity index (χ4v) is 2.56. The highest BCUT2D eigenvalue weighted by atomic mass is 79.9. The third-order valence-electron chi connectivity index (χ3n) is 3.64. The van der Waals surface area contributed by atoms with E-state index in [1.165, 1.54) is 6.07 Å². The molecule has 0 fully saturated rings. The first-order valence-electron chi connectivity index (χ1n) is 6.16. The lowest BCUT2D eigenvalue weighted by molar-refractivity contribution is -0.107. The molecule has 0 saturated carbocycles. The summed E-state index contributed by atoms with van der Waals surface area (Å²) >= 11 is 3.22. The molecule has 102 valence electrons. The maximum atomic E-state index is 13.7. The molecule has 0 spiro atoms. The summed E-state index contributed by atoms with van der Waals surface area (Å²) < 4.78 is 19.9. The Kier molecular flexibility index (Phi) is 5.76. The van der Waals surface area contributed by atoms with Crippen molar-refractivity contribution in [3.63, 3.8) is 0 Å². The van der Waals surface area contributed by atoms with Gasteiger partial charge in [0.05, 0.1) is 11.7 Å². The first-order valence-corrected chi connectivity index (χ1v) is 6.95. The summed E-state index contributed by atoms with van der Waals surface area (Å²) in [6.07, 6.45) is 0.931. The third kappa shape index (κ3) is 3.31. The van der Waals surface area contributed by atoms with Gasteiger partial charge in [-0.25, -0.2) is 4.39 Å². The number of ether oxygens (including phenoxy) is 1. The molecule has 0 amide bonds. The Morgan fingerprint density at radius 3 is 2.44 bits per heavy atom. The molecule has 0 bridgehead atoms. The van der Waals surface area contributed by atoms with Crippen molar-refractivity contribution >= 4 is 15.9 Å². The van der Waals surface area contributed by atoms with Crippen LogP contribution >= 0.6 is 15.9 Å². The Hall–Kier alpha value is -0.450. The Morgan fingerprint density at radius 1 is 1.39 bits per heavy atom. The van der Waals surface area contributed by atoms with E-state index in [4.69, 9.17) is 4.74 Å². The summed E-state index contributed by atoms with van der Waals surface area (Å²) in [6, 6.07) is 4.88. The number of aliphatic hydroxyl groups excluding tert-OH is 1. The van der Waals surface area contributed by atoms with Gasteiger partial charge in [0.15, 0.2) is 0 Å². The van der Waals surface area contributed by atoms with E-state index in [-0.39, 0.29) is 12.2 Å². The molecule has 0 aliphatic rings. The molecule has 0 heterocycles. The zero-order chi connectivity index (χ0) is 13.8. The average molecular weight is 319 g/mol. The van der Waals surface area contributed by atoms with Gasteiger partial charge in [0, 0.05) is 18.0 Å². The number of rotatable bonds is 6. The maximum Gasteiger partial charge on any atom is 0.127 e. The predicted molar refractivity (Wildman–Crippen MR) is 74.1 cm³/mol. The van der Waals surface area contributed by atoms with E-state index < -0.39 is 11.7 Å². The van der Waals surface area contributed by atoms with E-state index in [1.807, 2.05) is 13.8 Å². The van der Waals surface area contributed by atoms with Crippen LogP contribution in [0, 0.1) is 5.82 Å². The molecule has 0 aromatic heterocycles. The summed E-state index contributed by atoms with van der Waals surface area (Å²) in [7, 11) is 1.59. The molecule has 1 atom stereocenters. The zero-order valence-electron chi connectivity index (χ0n) is 11.0. The summed E-state index contributed by atoms with van der Waals surface area (Å²) in [4.78, 5) is 0. The molecule has 18 heavy (non-hydrogen) atoms. The molecular formula is C14H20BrFO2. The molecular weight excluding hydrogens is 299 g/mol. The second-order valence-electron chi connectivity index (χ2n) is 4.43. The second-order valence-corrected chi connectivity index (χ2v) is 5.35. The van der Waals surface area contributed by atoms with Gasteiger partial charge >= 0.3 is 0 Å². The van der Waals surface area contributed by atoms with E-state index >= 15 is 0 Å². The average Bonchev–Trinajstić information content (AvgIpc) is 2.36. The largest absolute Gasteiger partial charge is 0.390 e. The lowest BCUT2D eigenvalue weighted by Gasteiger charge is -2.35. The fourth-order valence-electron chi connectivity index (χ4n) is 2.23. The minimum absolute atomic E-state index is 0.259. The van der Waals surface area contributed by atoms with Crippen LogP contribution in [-0.4, -0.2) is 23.9 Å². The van der Waals surface area contributed by atoms with E-state index in [9.17, 15) is 9.50 Å². The first-order chi connectivity index (χ1) is 8.49. The molecule has 1 N–H and O–H groups in total. The highest BCUT2D eigenvalue weighted by molar-refractivity contribution is 9.10. The van der Waals surface area contributed by atoms with Crippen LogP contribution in [0.2, 0.25) is 0 Å². The summed E-state index contributed by atoms with van der Waals surface area (Å²) in [5.41, 5.74) is -0.0893. The lowest BCUT2D eigenvalue weighted by Crippen LogP contribution is -2.44. The van der Waals surface area contributed by atoms with Gasteiger partial charge < -0.3 is 9.84 Å². The van der Waals surface area contributed by atoms with Crippen LogP contribution in [0.5, 0.6) is 0 Å². The molecule has 0 saturated heterocycles. The minimum Gasteiger partial charge on any atom is -0.390 e. The van der Waals surface area contributed by atoms with Gasteiger partial charge in [0.25, 0.3) is 0 Å². The number of halogens is 2. The molecule has 0 aliphatic carbocycles. The molecule has 1 rings (SSSR count). The van der Waals surface area contributed by atoms with Crippen molar-refractivity contribution in [2.75, 3.05) is 7.11 Å². The highest BCUT2D eigenvalue weighted by Gasteiger charge is 2.34. The molecule has 4 heteroatoms. The minimum atomic E-state index is -0.715. The van der Waals surface area contributed by atoms with Crippen LogP contribution in [0.25, 0.3) is 0 Å². The summed E-state index contributed by atoms with van der Waals surface area (Å²) in [5.74, 6) is -0.305. The van der Waals surface area contributed by atoms with E-state index in [0.717, 1.165) is 0 Å². The van der Waals surface area contributed by atoms with E-state index in [0.29, 0.717) is 22.9 Å². The topological polar surface area (TPSA) is 29.5 Å². The van der Waals surface area contributed by atoms with E-state index in [2.05, 4.69) is 15.9 Å². The van der Waals surface area contributed by atoms with Crippen LogP contribution in [0.4, 0.5) is 4.39 Å². The van der Waals surface area contributed by atoms with Crippen molar-refractivity contribution in [2.45, 2.75) is 44.8 Å². The quantitative estimate of drug-likeness (QED) is 0.866. The van der Waals surface area contributed by atoms with Gasteiger partial charge in [-0.2, -0.15) is 0 Å². The van der Waals surface area contributed by atoms with Crippen molar-refractivity contribution in [3.8, 4) is 0 Å². The van der Waals surface area contributed by atoms with Crippen LogP contribution in [0.1, 0.15) is 32.3 Å². The Labute approximate surface area is 116 Å². The normalized spacial score (nSPS) is 13.7. The number of benzene rings is 1. The van der Waals surface area contributed by atoms with Gasteiger partial charge in [-0.15, -0.1) is 0 Å². The number of aliphatic hydroxyl groups is 1. The number of hydrogen-bond donors (Lipinski definition) is 1.